The Bertz CT molecular complexity index is 7320. The molecular formula is C105H94N16O10S. The van der Waals surface area contributed by atoms with Gasteiger partial charge in [0, 0.05) is 113 Å². The molecular weight excluding hydrogens is 1680 g/mol. The van der Waals surface area contributed by atoms with E-state index >= 15 is 0 Å². The Labute approximate surface area is 764 Å². The van der Waals surface area contributed by atoms with Gasteiger partial charge in [-0.2, -0.15) is 25.5 Å². The fourth-order valence-electron chi connectivity index (χ4n) is 14.8. The third-order valence-corrected chi connectivity index (χ3v) is 22.7. The lowest BCUT2D eigenvalue weighted by atomic mass is 10.1. The van der Waals surface area contributed by atoms with Crippen molar-refractivity contribution in [1.29, 1.82) is 0 Å². The number of pyridine rings is 3. The highest BCUT2D eigenvalue weighted by molar-refractivity contribution is 7.13. The molecule has 2 amide bonds. The van der Waals surface area contributed by atoms with Crippen LogP contribution in [0.4, 0.5) is 10.5 Å². The standard InChI is InChI=1S/C25H29N5O3.C21H17N3O2.C21H17N3O.C20H15N3O.C18H16N2O3S/c31-24-11-10-23(21-7-2-1-3-8-21)28-30(24)19-20-6-4-9-22(18-20)27-25(32)26-12-5-13-29-14-16-33-17-15-29;1-26-18-12-17-11-15(7-8-19(17)22-13-18)14-24-21(25)10-9-20(23-24)16-5-3-2-4-6-16;25-21-11-10-20(17-5-2-1-3-6-17)23-24(21)14-12-16-8-9-19-18(15-16)7-4-13-22-19;24-20-11-10-19(16-5-2-1-3-6-16)22-23(20)14-15-8-9-18-17(13-15)7-4-12-21-18;1-12-8-17(24-11-12)14-3-5-18(21)20(19-14)10-13-2-4-15-16(9-13)23-7-6-22-15/h1-4,6-11,18H,5,12-17,19H2,(H2,26,27,32);2-13H,14H2,1H3;1-11,13,15H,12,14H2;1-13H,14H2;2-5,8-9,11H,6-7,10H2,1H3. The number of morpholine rings is 1. The second kappa shape index (κ2) is 44.1. The van der Waals surface area contributed by atoms with Gasteiger partial charge in [0.2, 0.25) is 0 Å². The largest absolute Gasteiger partial charge is 0.495 e. The summed E-state index contributed by atoms with van der Waals surface area (Å²) >= 11 is 1.63. The van der Waals surface area contributed by atoms with Gasteiger partial charge in [0.05, 0.1) is 96.9 Å². The first kappa shape index (κ1) is 89.3. The quantitative estimate of drug-likeness (QED) is 0.0596. The zero-order chi connectivity index (χ0) is 90.8. The van der Waals surface area contributed by atoms with Crippen LogP contribution in [0.2, 0.25) is 0 Å². The van der Waals surface area contributed by atoms with Gasteiger partial charge in [-0.3, -0.25) is 43.8 Å². The Kier molecular flexibility index (Phi) is 29.8. The number of nitrogens with zero attached hydrogens (tertiary/aromatic N) is 14. The predicted molar refractivity (Wildman–Crippen MR) is 517 cm³/mol. The Hall–Kier alpha value is -16.1. The SMILES string of the molecule is COc1cnc2ccc(Cn3nc(-c4ccccc4)ccc3=O)cc2c1.Cc1csc(-c2ccc(=O)n(Cc3ccc4c(c3)OCCO4)n2)c1.O=C(NCCCN1CCOCC1)Nc1cccc(Cn2nc(-c3ccccc3)ccc2=O)c1.O=c1ccc(-c2ccccc2)nn1CCc1ccc2ncccc2c1.O=c1ccc(-c2ccccc2)nn1Cc1ccc2ncccc2c1. The van der Waals surface area contributed by atoms with Gasteiger partial charge in [-0.05, 0) is 180 Å². The molecule has 0 bridgehead atoms. The van der Waals surface area contributed by atoms with E-state index in [-0.39, 0.29) is 33.8 Å². The lowest BCUT2D eigenvalue weighted by Gasteiger charge is -2.26. The minimum atomic E-state index is -0.240. The topological polar surface area (TPSA) is 294 Å². The summed E-state index contributed by atoms with van der Waals surface area (Å²) in [6.45, 7) is 10.3. The van der Waals surface area contributed by atoms with Crippen LogP contribution >= 0.6 is 11.3 Å². The maximum absolute atomic E-state index is 12.3. The highest BCUT2D eigenvalue weighted by Crippen LogP contribution is 2.32. The second-order valence-electron chi connectivity index (χ2n) is 31.2. The number of hydrogen-bond donors (Lipinski definition) is 2. The van der Waals surface area contributed by atoms with Gasteiger partial charge in [-0.25, -0.2) is 28.2 Å². The van der Waals surface area contributed by atoms with E-state index in [0.717, 1.165) is 168 Å². The first-order chi connectivity index (χ1) is 64.7. The highest BCUT2D eigenvalue weighted by atomic mass is 32.1. The zero-order valence-corrected chi connectivity index (χ0v) is 73.5. The normalized spacial score (nSPS) is 12.0. The summed E-state index contributed by atoms with van der Waals surface area (Å²) in [7, 11) is 1.62. The van der Waals surface area contributed by atoms with E-state index in [0.29, 0.717) is 63.9 Å². The van der Waals surface area contributed by atoms with Gasteiger partial charge in [0.1, 0.15) is 24.7 Å². The summed E-state index contributed by atoms with van der Waals surface area (Å²) in [5, 5.41) is 33.5. The van der Waals surface area contributed by atoms with E-state index < -0.39 is 0 Å². The molecule has 0 atom stereocenters. The smallest absolute Gasteiger partial charge is 0.319 e. The molecule has 2 aliphatic heterocycles. The molecule has 27 heteroatoms. The fraction of sp³-hybridized carbons (Fsp3) is 0.162. The van der Waals surface area contributed by atoms with E-state index in [1.807, 2.05) is 244 Å². The third kappa shape index (κ3) is 24.4. The number of rotatable bonds is 22. The van der Waals surface area contributed by atoms with Crippen LogP contribution in [0.25, 0.3) is 88.3 Å². The average molecular weight is 1770 g/mol. The molecule has 2 aliphatic rings. The van der Waals surface area contributed by atoms with Crippen molar-refractivity contribution in [3.05, 3.63) is 425 Å². The van der Waals surface area contributed by atoms with Gasteiger partial charge in [-0.1, -0.05) is 170 Å². The molecule has 0 radical (unpaired) electrons. The van der Waals surface area contributed by atoms with Crippen molar-refractivity contribution in [2.45, 2.75) is 52.5 Å². The number of methoxy groups -OCH3 is 1. The number of thiophene rings is 1. The van der Waals surface area contributed by atoms with Gasteiger partial charge in [0.25, 0.3) is 27.8 Å². The molecule has 0 aliphatic carbocycles. The number of carbonyl (C=O) groups excluding carboxylic acids is 1. The number of aromatic nitrogens is 13. The molecule has 0 spiro atoms. The van der Waals surface area contributed by atoms with Gasteiger partial charge >= 0.3 is 6.03 Å². The summed E-state index contributed by atoms with van der Waals surface area (Å²) in [5.74, 6) is 2.17. The second-order valence-corrected chi connectivity index (χ2v) is 32.1. The third-order valence-electron chi connectivity index (χ3n) is 21.7. The van der Waals surface area contributed by atoms with Crippen LogP contribution in [0.3, 0.4) is 0 Å². The molecule has 660 valence electrons. The number of urea groups is 1. The molecule has 26 nitrogen and oxygen atoms in total. The molecule has 9 aromatic carbocycles. The van der Waals surface area contributed by atoms with Crippen LogP contribution < -0.4 is 52.6 Å². The molecule has 0 saturated carbocycles. The summed E-state index contributed by atoms with van der Waals surface area (Å²) < 4.78 is 29.1. The minimum Gasteiger partial charge on any atom is -0.495 e. The Balaban J connectivity index is 0.000000121. The first-order valence-electron chi connectivity index (χ1n) is 43.3. The molecule has 11 heterocycles. The van der Waals surface area contributed by atoms with Crippen molar-refractivity contribution >= 4 is 55.8 Å². The van der Waals surface area contributed by atoms with Crippen molar-refractivity contribution in [1.82, 2.24) is 74.1 Å². The lowest BCUT2D eigenvalue weighted by Crippen LogP contribution is -2.38. The van der Waals surface area contributed by atoms with Crippen molar-refractivity contribution in [2.75, 3.05) is 65.0 Å². The van der Waals surface area contributed by atoms with E-state index in [1.165, 1.54) is 40.6 Å². The van der Waals surface area contributed by atoms with Crippen LogP contribution in [0.5, 0.6) is 17.2 Å². The maximum atomic E-state index is 12.3. The Morgan fingerprint density at radius 3 is 1.34 bits per heavy atom. The number of aryl methyl sites for hydroxylation is 3. The van der Waals surface area contributed by atoms with Crippen LogP contribution in [0.1, 0.15) is 39.8 Å². The summed E-state index contributed by atoms with van der Waals surface area (Å²) in [5.41, 5.74) is 16.9. The summed E-state index contributed by atoms with van der Waals surface area (Å²) in [4.78, 5) is 89.7. The predicted octanol–water partition coefficient (Wildman–Crippen LogP) is 16.6. The molecule has 1 fully saturated rings. The number of amides is 2. The van der Waals surface area contributed by atoms with Gasteiger partial charge in [0.15, 0.2) is 11.5 Å². The van der Waals surface area contributed by atoms with Gasteiger partial charge < -0.3 is 29.6 Å². The monoisotopic (exact) mass is 1770 g/mol. The molecule has 0 unspecified atom stereocenters. The van der Waals surface area contributed by atoms with Crippen LogP contribution in [0, 0.1) is 6.92 Å². The van der Waals surface area contributed by atoms with Crippen molar-refractivity contribution in [3.63, 3.8) is 0 Å². The number of carbonyl (C=O) groups is 1. The lowest BCUT2D eigenvalue weighted by molar-refractivity contribution is 0.0375. The van der Waals surface area contributed by atoms with E-state index in [2.05, 4.69) is 79.6 Å². The fourth-order valence-corrected chi connectivity index (χ4v) is 15.7. The van der Waals surface area contributed by atoms with Crippen LogP contribution in [-0.2, 0) is 43.9 Å². The summed E-state index contributed by atoms with van der Waals surface area (Å²) in [6, 6.07) is 98.8. The Morgan fingerprint density at radius 1 is 0.394 bits per heavy atom. The van der Waals surface area contributed by atoms with Crippen LogP contribution in [-0.4, -0.2) is 135 Å². The average Bonchev–Trinajstić information content (AvgIpc) is 1.41. The van der Waals surface area contributed by atoms with Crippen molar-refractivity contribution < 1.29 is 23.7 Å². The molecule has 1 saturated heterocycles. The maximum Gasteiger partial charge on any atom is 0.319 e. The number of anilines is 1. The summed E-state index contributed by atoms with van der Waals surface area (Å²) in [6.07, 6.45) is 6.89. The minimum absolute atomic E-state index is 0.0814. The number of fused-ring (bicyclic) bond motifs is 4. The molecule has 20 rings (SSSR count). The molecule has 9 aromatic heterocycles. The molecule has 132 heavy (non-hydrogen) atoms. The van der Waals surface area contributed by atoms with E-state index in [9.17, 15) is 28.8 Å². The number of nitrogens with one attached hydrogen (secondary N) is 2. The van der Waals surface area contributed by atoms with Crippen molar-refractivity contribution in [2.24, 2.45) is 0 Å². The highest BCUT2D eigenvalue weighted by Gasteiger charge is 2.17. The number of hydrogen-bond acceptors (Lipinski definition) is 20. The zero-order valence-electron chi connectivity index (χ0n) is 72.7. The van der Waals surface area contributed by atoms with E-state index in [4.69, 9.17) is 18.9 Å². The number of ether oxygens (including phenoxy) is 4. The van der Waals surface area contributed by atoms with E-state index in [1.54, 1.807) is 91.6 Å². The first-order valence-corrected chi connectivity index (χ1v) is 44.2. The van der Waals surface area contributed by atoms with Crippen molar-refractivity contribution in [3.8, 4) is 72.8 Å². The molecule has 18 aromatic rings. The van der Waals surface area contributed by atoms with Gasteiger partial charge in [-0.15, -0.1) is 11.3 Å². The molecule has 2 N–H and O–H groups in total. The number of benzene rings is 9. The Morgan fingerprint density at radius 2 is 0.833 bits per heavy atom. The van der Waals surface area contributed by atoms with Crippen LogP contribution in [0.15, 0.2) is 363 Å².